The predicted molar refractivity (Wildman–Crippen MR) is 77.1 cm³/mol. The van der Waals surface area contributed by atoms with Gasteiger partial charge in [0.1, 0.15) is 0 Å². The maximum absolute atomic E-state index is 12.0. The number of aliphatic hydroxyl groups is 1. The summed E-state index contributed by atoms with van der Waals surface area (Å²) in [5, 5.41) is 9.19. The van der Waals surface area contributed by atoms with Crippen LogP contribution in [0.2, 0.25) is 0 Å². The van der Waals surface area contributed by atoms with Gasteiger partial charge in [0.15, 0.2) is 0 Å². The van der Waals surface area contributed by atoms with Crippen LogP contribution >= 0.6 is 0 Å². The van der Waals surface area contributed by atoms with Crippen molar-refractivity contribution in [3.63, 3.8) is 0 Å². The SMILES string of the molecule is CCC(CC)CS(=O)(=O)NCc1ccccc1CO. The molecule has 0 saturated carbocycles. The van der Waals surface area contributed by atoms with E-state index in [2.05, 4.69) is 4.72 Å². The molecule has 19 heavy (non-hydrogen) atoms. The lowest BCUT2D eigenvalue weighted by molar-refractivity contribution is 0.280. The van der Waals surface area contributed by atoms with Crippen molar-refractivity contribution < 1.29 is 13.5 Å². The van der Waals surface area contributed by atoms with Crippen LogP contribution in [-0.2, 0) is 23.2 Å². The highest BCUT2D eigenvalue weighted by Gasteiger charge is 2.16. The molecule has 0 aliphatic heterocycles. The van der Waals surface area contributed by atoms with Crippen LogP contribution in [0.5, 0.6) is 0 Å². The van der Waals surface area contributed by atoms with Crippen molar-refractivity contribution in [1.29, 1.82) is 0 Å². The molecule has 4 nitrogen and oxygen atoms in total. The Morgan fingerprint density at radius 3 is 2.26 bits per heavy atom. The Hall–Kier alpha value is -0.910. The molecule has 2 N–H and O–H groups in total. The Morgan fingerprint density at radius 2 is 1.74 bits per heavy atom. The van der Waals surface area contributed by atoms with Gasteiger partial charge in [-0.2, -0.15) is 0 Å². The van der Waals surface area contributed by atoms with Gasteiger partial charge in [-0.05, 0) is 17.0 Å². The lowest BCUT2D eigenvalue weighted by Gasteiger charge is -2.14. The van der Waals surface area contributed by atoms with Crippen LogP contribution in [0.3, 0.4) is 0 Å². The van der Waals surface area contributed by atoms with Crippen molar-refractivity contribution in [3.05, 3.63) is 35.4 Å². The summed E-state index contributed by atoms with van der Waals surface area (Å²) in [6, 6.07) is 7.28. The van der Waals surface area contributed by atoms with E-state index in [0.717, 1.165) is 24.0 Å². The van der Waals surface area contributed by atoms with E-state index in [-0.39, 0.29) is 24.8 Å². The fraction of sp³-hybridized carbons (Fsp3) is 0.571. The molecular weight excluding hydrogens is 262 g/mol. The van der Waals surface area contributed by atoms with Crippen LogP contribution in [0.25, 0.3) is 0 Å². The van der Waals surface area contributed by atoms with Crippen molar-refractivity contribution in [3.8, 4) is 0 Å². The molecule has 1 aromatic rings. The minimum absolute atomic E-state index is 0.0789. The summed E-state index contributed by atoms with van der Waals surface area (Å²) in [4.78, 5) is 0. The quantitative estimate of drug-likeness (QED) is 0.768. The molecule has 0 unspecified atom stereocenters. The van der Waals surface area contributed by atoms with Gasteiger partial charge in [-0.15, -0.1) is 0 Å². The number of sulfonamides is 1. The van der Waals surface area contributed by atoms with Crippen molar-refractivity contribution in [2.45, 2.75) is 39.8 Å². The van der Waals surface area contributed by atoms with Crippen molar-refractivity contribution in [2.75, 3.05) is 5.75 Å². The Bertz CT molecular complexity index is 481. The van der Waals surface area contributed by atoms with E-state index < -0.39 is 10.0 Å². The number of benzene rings is 1. The second kappa shape index (κ2) is 7.62. The van der Waals surface area contributed by atoms with Crippen molar-refractivity contribution >= 4 is 10.0 Å². The molecule has 0 saturated heterocycles. The summed E-state index contributed by atoms with van der Waals surface area (Å²) in [5.74, 6) is 0.368. The van der Waals surface area contributed by atoms with Gasteiger partial charge in [0.25, 0.3) is 0 Å². The van der Waals surface area contributed by atoms with E-state index in [0.29, 0.717) is 0 Å². The number of hydrogen-bond acceptors (Lipinski definition) is 3. The second-order valence-corrected chi connectivity index (χ2v) is 6.56. The van der Waals surface area contributed by atoms with Gasteiger partial charge in [-0.3, -0.25) is 0 Å². The average molecular weight is 285 g/mol. The number of rotatable bonds is 8. The lowest BCUT2D eigenvalue weighted by Crippen LogP contribution is -2.29. The fourth-order valence-electron chi connectivity index (χ4n) is 1.97. The molecule has 0 aliphatic carbocycles. The first-order valence-corrected chi connectivity index (χ1v) is 8.32. The van der Waals surface area contributed by atoms with Gasteiger partial charge < -0.3 is 5.11 Å². The van der Waals surface area contributed by atoms with Crippen LogP contribution < -0.4 is 4.72 Å². The first kappa shape index (κ1) is 16.1. The molecule has 0 aromatic heterocycles. The highest BCUT2D eigenvalue weighted by molar-refractivity contribution is 7.89. The Labute approximate surface area is 115 Å². The van der Waals surface area contributed by atoms with Crippen LogP contribution in [0.15, 0.2) is 24.3 Å². The van der Waals surface area contributed by atoms with E-state index in [4.69, 9.17) is 0 Å². The van der Waals surface area contributed by atoms with Gasteiger partial charge in [0.2, 0.25) is 10.0 Å². The van der Waals surface area contributed by atoms with Crippen molar-refractivity contribution in [1.82, 2.24) is 4.72 Å². The first-order valence-electron chi connectivity index (χ1n) is 6.67. The van der Waals surface area contributed by atoms with E-state index in [1.807, 2.05) is 32.0 Å². The second-order valence-electron chi connectivity index (χ2n) is 4.71. The van der Waals surface area contributed by atoms with Crippen LogP contribution in [0.4, 0.5) is 0 Å². The molecule has 1 rings (SSSR count). The van der Waals surface area contributed by atoms with E-state index in [1.165, 1.54) is 0 Å². The molecule has 0 aliphatic rings. The predicted octanol–water partition coefficient (Wildman–Crippen LogP) is 2.03. The van der Waals surface area contributed by atoms with Gasteiger partial charge in [0.05, 0.1) is 12.4 Å². The third-order valence-corrected chi connectivity index (χ3v) is 4.88. The number of nitrogens with one attached hydrogen (secondary N) is 1. The topological polar surface area (TPSA) is 66.4 Å². The first-order chi connectivity index (χ1) is 9.02. The summed E-state index contributed by atoms with van der Waals surface area (Å²) in [6.07, 6.45) is 1.73. The highest BCUT2D eigenvalue weighted by Crippen LogP contribution is 2.12. The van der Waals surface area contributed by atoms with Gasteiger partial charge >= 0.3 is 0 Å². The molecule has 0 fully saturated rings. The molecule has 5 heteroatoms. The number of aliphatic hydroxyl groups excluding tert-OH is 1. The summed E-state index contributed by atoms with van der Waals surface area (Å²) in [5.41, 5.74) is 1.57. The lowest BCUT2D eigenvalue weighted by atomic mass is 10.1. The van der Waals surface area contributed by atoms with Crippen LogP contribution in [0, 0.1) is 5.92 Å². The maximum atomic E-state index is 12.0. The zero-order valence-electron chi connectivity index (χ0n) is 11.6. The standard InChI is InChI=1S/C14H23NO3S/c1-3-12(4-2)11-19(17,18)15-9-13-7-5-6-8-14(13)10-16/h5-8,12,15-16H,3-4,9-11H2,1-2H3. The zero-order valence-corrected chi connectivity index (χ0v) is 12.4. The molecule has 0 atom stereocenters. The molecule has 0 bridgehead atoms. The van der Waals surface area contributed by atoms with Gasteiger partial charge in [-0.25, -0.2) is 13.1 Å². The Kier molecular flexibility index (Phi) is 6.48. The minimum atomic E-state index is -3.26. The highest BCUT2D eigenvalue weighted by atomic mass is 32.2. The summed E-state index contributed by atoms with van der Waals surface area (Å²) in [6.45, 7) is 4.17. The molecule has 0 amide bonds. The van der Waals surface area contributed by atoms with Crippen LogP contribution in [-0.4, -0.2) is 19.3 Å². The molecule has 0 radical (unpaired) electrons. The Balaban J connectivity index is 2.65. The van der Waals surface area contributed by atoms with E-state index in [1.54, 1.807) is 6.07 Å². The van der Waals surface area contributed by atoms with Gasteiger partial charge in [0, 0.05) is 6.54 Å². The van der Waals surface area contributed by atoms with Crippen molar-refractivity contribution in [2.24, 2.45) is 5.92 Å². The summed E-state index contributed by atoms with van der Waals surface area (Å²) < 4.78 is 26.5. The molecule has 0 spiro atoms. The largest absolute Gasteiger partial charge is 0.392 e. The van der Waals surface area contributed by atoms with Gasteiger partial charge in [-0.1, -0.05) is 51.0 Å². The third kappa shape index (κ3) is 5.30. The molecular formula is C14H23NO3S. The smallest absolute Gasteiger partial charge is 0.212 e. The molecule has 108 valence electrons. The van der Waals surface area contributed by atoms with Crippen LogP contribution in [0.1, 0.15) is 37.8 Å². The zero-order chi connectivity index (χ0) is 14.3. The molecule has 0 heterocycles. The Morgan fingerprint density at radius 1 is 1.16 bits per heavy atom. The normalized spacial score (nSPS) is 12.0. The molecule has 1 aromatic carbocycles. The minimum Gasteiger partial charge on any atom is -0.392 e. The number of hydrogen-bond donors (Lipinski definition) is 2. The third-order valence-electron chi connectivity index (χ3n) is 3.38. The fourth-order valence-corrected chi connectivity index (χ4v) is 3.55. The monoisotopic (exact) mass is 285 g/mol. The maximum Gasteiger partial charge on any atom is 0.212 e. The average Bonchev–Trinajstić information content (AvgIpc) is 2.43. The summed E-state index contributed by atoms with van der Waals surface area (Å²) in [7, 11) is -3.26. The van der Waals surface area contributed by atoms with E-state index in [9.17, 15) is 13.5 Å². The van der Waals surface area contributed by atoms with E-state index >= 15 is 0 Å². The summed E-state index contributed by atoms with van der Waals surface area (Å²) >= 11 is 0.